The number of carbonyl (C=O) groups is 1. The largest absolute Gasteiger partial charge is 0.496 e. The highest BCUT2D eigenvalue weighted by Gasteiger charge is 2.11. The third-order valence-electron chi connectivity index (χ3n) is 4.10. The maximum Gasteiger partial charge on any atom is 0.251 e. The number of aromatic nitrogens is 2. The number of nitrogens with zero attached hydrogens (tertiary/aromatic N) is 2. The van der Waals surface area contributed by atoms with E-state index in [0.717, 1.165) is 11.3 Å². The van der Waals surface area contributed by atoms with E-state index in [1.54, 1.807) is 60.5 Å². The van der Waals surface area contributed by atoms with Gasteiger partial charge in [0.15, 0.2) is 0 Å². The zero-order valence-electron chi connectivity index (χ0n) is 15.1. The van der Waals surface area contributed by atoms with Crippen LogP contribution in [0.5, 0.6) is 11.5 Å². The summed E-state index contributed by atoms with van der Waals surface area (Å²) in [5, 5.41) is 7.62. The molecule has 6 nitrogen and oxygen atoms in total. The van der Waals surface area contributed by atoms with Gasteiger partial charge in [0.25, 0.3) is 5.91 Å². The van der Waals surface area contributed by atoms with E-state index in [1.807, 2.05) is 13.1 Å². The molecule has 1 aromatic heterocycles. The highest BCUT2D eigenvalue weighted by Crippen LogP contribution is 2.23. The maximum absolute atomic E-state index is 12.5. The van der Waals surface area contributed by atoms with Gasteiger partial charge in [-0.05, 0) is 48.5 Å². The van der Waals surface area contributed by atoms with Crippen LogP contribution in [-0.4, -0.2) is 22.8 Å². The van der Waals surface area contributed by atoms with E-state index in [9.17, 15) is 4.79 Å². The molecule has 27 heavy (non-hydrogen) atoms. The monoisotopic (exact) mass is 385 g/mol. The first-order valence-corrected chi connectivity index (χ1v) is 8.75. The van der Waals surface area contributed by atoms with Crippen LogP contribution in [0.3, 0.4) is 0 Å². The van der Waals surface area contributed by atoms with Crippen LogP contribution in [0.4, 0.5) is 0 Å². The van der Waals surface area contributed by atoms with Crippen LogP contribution in [0.25, 0.3) is 0 Å². The van der Waals surface area contributed by atoms with E-state index in [-0.39, 0.29) is 12.5 Å². The van der Waals surface area contributed by atoms with Crippen LogP contribution < -0.4 is 14.8 Å². The summed E-state index contributed by atoms with van der Waals surface area (Å²) in [6, 6.07) is 14.2. The summed E-state index contributed by atoms with van der Waals surface area (Å²) in [5.74, 6) is 1.17. The van der Waals surface area contributed by atoms with Crippen molar-refractivity contribution in [1.82, 2.24) is 15.1 Å². The summed E-state index contributed by atoms with van der Waals surface area (Å²) in [4.78, 5) is 12.5. The molecule has 0 unspecified atom stereocenters. The van der Waals surface area contributed by atoms with Crippen LogP contribution in [0, 0.1) is 0 Å². The zero-order valence-corrected chi connectivity index (χ0v) is 15.9. The minimum atomic E-state index is -0.174. The molecule has 0 saturated heterocycles. The first-order chi connectivity index (χ1) is 13.1. The van der Waals surface area contributed by atoms with Gasteiger partial charge in [-0.25, -0.2) is 0 Å². The van der Waals surface area contributed by atoms with Crippen molar-refractivity contribution in [3.05, 3.63) is 76.6 Å². The Hall–Kier alpha value is -2.99. The van der Waals surface area contributed by atoms with E-state index in [0.29, 0.717) is 28.6 Å². The van der Waals surface area contributed by atoms with Gasteiger partial charge in [-0.2, -0.15) is 5.10 Å². The van der Waals surface area contributed by atoms with Crippen molar-refractivity contribution in [3.8, 4) is 11.5 Å². The van der Waals surface area contributed by atoms with Crippen LogP contribution in [0.15, 0.2) is 54.7 Å². The Balaban J connectivity index is 1.69. The number of hydrogen-bond acceptors (Lipinski definition) is 4. The average Bonchev–Trinajstić information content (AvgIpc) is 3.10. The van der Waals surface area contributed by atoms with Crippen molar-refractivity contribution >= 4 is 17.5 Å². The number of nitrogens with one attached hydrogen (secondary N) is 1. The molecule has 0 aliphatic heterocycles. The molecule has 1 heterocycles. The molecule has 0 atom stereocenters. The third kappa shape index (κ3) is 4.80. The Bertz CT molecular complexity index is 922. The average molecular weight is 386 g/mol. The molecule has 0 fully saturated rings. The molecule has 0 saturated carbocycles. The lowest BCUT2D eigenvalue weighted by Gasteiger charge is -2.12. The van der Waals surface area contributed by atoms with Crippen LogP contribution in [-0.2, 0) is 20.2 Å². The number of rotatable bonds is 7. The number of hydrogen-bond donors (Lipinski definition) is 1. The molecule has 0 radical (unpaired) electrons. The Kier molecular flexibility index (Phi) is 5.98. The summed E-state index contributed by atoms with van der Waals surface area (Å²) in [7, 11) is 3.42. The molecule has 0 bridgehead atoms. The van der Waals surface area contributed by atoms with Crippen molar-refractivity contribution < 1.29 is 14.3 Å². The molecular formula is C20H20ClN3O3. The fourth-order valence-electron chi connectivity index (χ4n) is 2.57. The second kappa shape index (κ2) is 8.60. The fourth-order valence-corrected chi connectivity index (χ4v) is 2.70. The van der Waals surface area contributed by atoms with Crippen molar-refractivity contribution in [2.24, 2.45) is 7.05 Å². The highest BCUT2D eigenvalue weighted by molar-refractivity contribution is 6.30. The van der Waals surface area contributed by atoms with Gasteiger partial charge in [-0.15, -0.1) is 0 Å². The summed E-state index contributed by atoms with van der Waals surface area (Å²) in [6.45, 7) is 0.672. The highest BCUT2D eigenvalue weighted by atomic mass is 35.5. The first-order valence-electron chi connectivity index (χ1n) is 8.37. The quantitative estimate of drug-likeness (QED) is 0.675. The van der Waals surface area contributed by atoms with E-state index < -0.39 is 0 Å². The van der Waals surface area contributed by atoms with Crippen LogP contribution in [0.1, 0.15) is 21.6 Å². The van der Waals surface area contributed by atoms with Crippen molar-refractivity contribution in [3.63, 3.8) is 0 Å². The Labute approximate surface area is 162 Å². The van der Waals surface area contributed by atoms with E-state index in [1.165, 1.54) is 0 Å². The maximum atomic E-state index is 12.5. The molecule has 3 aromatic rings. The minimum absolute atomic E-state index is 0.174. The standard InChI is InChI=1S/C20H20ClN3O3/c1-24-17(9-10-23-24)12-22-20(25)14-3-8-19(26-2)15(11-14)13-27-18-6-4-16(21)5-7-18/h3-11H,12-13H2,1-2H3,(H,22,25). The van der Waals surface area contributed by atoms with E-state index in [4.69, 9.17) is 21.1 Å². The Morgan fingerprint density at radius 1 is 1.19 bits per heavy atom. The summed E-state index contributed by atoms with van der Waals surface area (Å²) in [5.41, 5.74) is 2.23. The van der Waals surface area contributed by atoms with Crippen molar-refractivity contribution in [1.29, 1.82) is 0 Å². The topological polar surface area (TPSA) is 65.4 Å². The van der Waals surface area contributed by atoms with Crippen LogP contribution in [0.2, 0.25) is 5.02 Å². The van der Waals surface area contributed by atoms with Gasteiger partial charge >= 0.3 is 0 Å². The lowest BCUT2D eigenvalue weighted by molar-refractivity contribution is 0.0950. The van der Waals surface area contributed by atoms with Crippen molar-refractivity contribution in [2.45, 2.75) is 13.2 Å². The van der Waals surface area contributed by atoms with E-state index >= 15 is 0 Å². The number of methoxy groups -OCH3 is 1. The summed E-state index contributed by atoms with van der Waals surface area (Å²) in [6.07, 6.45) is 1.70. The molecule has 1 N–H and O–H groups in total. The third-order valence-corrected chi connectivity index (χ3v) is 4.36. The predicted molar refractivity (Wildman–Crippen MR) is 103 cm³/mol. The number of ether oxygens (including phenoxy) is 2. The van der Waals surface area contributed by atoms with Crippen molar-refractivity contribution in [2.75, 3.05) is 7.11 Å². The second-order valence-electron chi connectivity index (χ2n) is 5.90. The summed E-state index contributed by atoms with van der Waals surface area (Å²) < 4.78 is 12.9. The lowest BCUT2D eigenvalue weighted by atomic mass is 10.1. The number of amides is 1. The Morgan fingerprint density at radius 3 is 2.63 bits per heavy atom. The molecule has 0 aliphatic rings. The number of aryl methyl sites for hydroxylation is 1. The van der Waals surface area contributed by atoms with Gasteiger partial charge in [0.2, 0.25) is 0 Å². The second-order valence-corrected chi connectivity index (χ2v) is 6.33. The Morgan fingerprint density at radius 2 is 1.96 bits per heavy atom. The normalized spacial score (nSPS) is 10.5. The molecule has 140 valence electrons. The van der Waals surface area contributed by atoms with Gasteiger partial charge < -0.3 is 14.8 Å². The number of carbonyl (C=O) groups excluding carboxylic acids is 1. The van der Waals surface area contributed by atoms with Gasteiger partial charge in [-0.3, -0.25) is 9.48 Å². The molecule has 1 amide bonds. The lowest BCUT2D eigenvalue weighted by Crippen LogP contribution is -2.24. The van der Waals surface area contributed by atoms with Gasteiger partial charge in [0.1, 0.15) is 18.1 Å². The molecule has 7 heteroatoms. The SMILES string of the molecule is COc1ccc(C(=O)NCc2ccnn2C)cc1COc1ccc(Cl)cc1. The molecule has 0 aliphatic carbocycles. The molecular weight excluding hydrogens is 366 g/mol. The number of benzene rings is 2. The molecule has 2 aromatic carbocycles. The smallest absolute Gasteiger partial charge is 0.251 e. The van der Waals surface area contributed by atoms with Gasteiger partial charge in [0, 0.05) is 29.4 Å². The van der Waals surface area contributed by atoms with Crippen LogP contribution >= 0.6 is 11.6 Å². The zero-order chi connectivity index (χ0) is 19.2. The van der Waals surface area contributed by atoms with Gasteiger partial charge in [-0.1, -0.05) is 11.6 Å². The molecule has 3 rings (SSSR count). The predicted octanol–water partition coefficient (Wildman–Crippen LogP) is 3.59. The number of halogens is 1. The minimum Gasteiger partial charge on any atom is -0.496 e. The van der Waals surface area contributed by atoms with Gasteiger partial charge in [0.05, 0.1) is 19.3 Å². The molecule has 0 spiro atoms. The summed E-state index contributed by atoms with van der Waals surface area (Å²) >= 11 is 5.88. The fraction of sp³-hybridized carbons (Fsp3) is 0.200. The first kappa shape index (κ1) is 18.8. The van der Waals surface area contributed by atoms with E-state index in [2.05, 4.69) is 10.4 Å².